The molecule has 2 rings (SSSR count). The van der Waals surface area contributed by atoms with Crippen LogP contribution >= 0.6 is 39.0 Å². The minimum atomic E-state index is 0.505. The van der Waals surface area contributed by atoms with E-state index in [2.05, 4.69) is 27.4 Å². The molecule has 0 unspecified atom stereocenters. The van der Waals surface area contributed by atoms with E-state index in [-0.39, 0.29) is 0 Å². The van der Waals surface area contributed by atoms with Crippen LogP contribution in [0.4, 0.5) is 0 Å². The molecular formula is C11H15BrOS2. The molecule has 0 saturated carbocycles. The molecule has 0 amide bonds. The lowest BCUT2D eigenvalue weighted by Crippen LogP contribution is -2.21. The lowest BCUT2D eigenvalue weighted by Gasteiger charge is -2.21. The van der Waals surface area contributed by atoms with Gasteiger partial charge < -0.3 is 4.74 Å². The molecule has 0 radical (unpaired) electrons. The van der Waals surface area contributed by atoms with Crippen molar-refractivity contribution in [1.29, 1.82) is 0 Å². The highest BCUT2D eigenvalue weighted by atomic mass is 79.9. The molecule has 0 spiro atoms. The summed E-state index contributed by atoms with van der Waals surface area (Å²) >= 11 is 7.23. The first kappa shape index (κ1) is 12.0. The minimum absolute atomic E-state index is 0.505. The van der Waals surface area contributed by atoms with Crippen LogP contribution in [0.3, 0.4) is 0 Å². The fourth-order valence-corrected chi connectivity index (χ4v) is 4.03. The van der Waals surface area contributed by atoms with Crippen LogP contribution in [0.2, 0.25) is 0 Å². The van der Waals surface area contributed by atoms with Crippen molar-refractivity contribution >= 4 is 39.0 Å². The van der Waals surface area contributed by atoms with Gasteiger partial charge in [-0.15, -0.1) is 11.3 Å². The molecule has 84 valence electrons. The van der Waals surface area contributed by atoms with Crippen LogP contribution in [0.25, 0.3) is 0 Å². The number of rotatable bonds is 4. The second kappa shape index (κ2) is 6.28. The largest absolute Gasteiger partial charge is 0.377 e. The first-order valence-corrected chi connectivity index (χ1v) is 8.09. The lowest BCUT2D eigenvalue weighted by molar-refractivity contribution is 0.0315. The number of thioether (sulfide) groups is 1. The summed E-state index contributed by atoms with van der Waals surface area (Å²) in [6, 6.07) is 2.21. The van der Waals surface area contributed by atoms with Crippen LogP contribution in [-0.2, 0) is 10.5 Å². The summed E-state index contributed by atoms with van der Waals surface area (Å²) in [7, 11) is 0. The summed E-state index contributed by atoms with van der Waals surface area (Å²) < 4.78 is 6.92. The molecule has 1 fully saturated rings. The maximum absolute atomic E-state index is 5.69. The van der Waals surface area contributed by atoms with E-state index in [0.29, 0.717) is 6.10 Å². The van der Waals surface area contributed by atoms with Gasteiger partial charge in [-0.25, -0.2) is 0 Å². The van der Waals surface area contributed by atoms with Gasteiger partial charge in [0.2, 0.25) is 0 Å². The summed E-state index contributed by atoms with van der Waals surface area (Å²) in [4.78, 5) is 0. The van der Waals surface area contributed by atoms with Crippen LogP contribution in [0.5, 0.6) is 0 Å². The highest BCUT2D eigenvalue weighted by Gasteiger charge is 2.13. The number of halogens is 1. The second-order valence-electron chi connectivity index (χ2n) is 3.76. The van der Waals surface area contributed by atoms with Crippen LogP contribution < -0.4 is 0 Å². The predicted molar refractivity (Wildman–Crippen MR) is 71.8 cm³/mol. The van der Waals surface area contributed by atoms with Crippen molar-refractivity contribution in [1.82, 2.24) is 0 Å². The summed E-state index contributed by atoms with van der Waals surface area (Å²) in [5.41, 5.74) is 1.42. The van der Waals surface area contributed by atoms with Crippen LogP contribution in [0.15, 0.2) is 15.2 Å². The fraction of sp³-hybridized carbons (Fsp3) is 0.636. The Hall–Kier alpha value is 0.490. The monoisotopic (exact) mass is 306 g/mol. The topological polar surface area (TPSA) is 9.23 Å². The zero-order chi connectivity index (χ0) is 10.5. The Morgan fingerprint density at radius 1 is 1.53 bits per heavy atom. The van der Waals surface area contributed by atoms with Crippen molar-refractivity contribution in [3.8, 4) is 0 Å². The predicted octanol–water partition coefficient (Wildman–Crippen LogP) is 4.31. The number of hydrogen-bond acceptors (Lipinski definition) is 3. The molecule has 1 aliphatic rings. The fourth-order valence-electron chi connectivity index (χ4n) is 1.67. The highest BCUT2D eigenvalue weighted by Crippen LogP contribution is 2.25. The Morgan fingerprint density at radius 3 is 3.13 bits per heavy atom. The molecule has 1 saturated heterocycles. The van der Waals surface area contributed by atoms with Crippen LogP contribution in [0.1, 0.15) is 24.8 Å². The van der Waals surface area contributed by atoms with Gasteiger partial charge >= 0.3 is 0 Å². The van der Waals surface area contributed by atoms with Crippen molar-refractivity contribution in [2.24, 2.45) is 0 Å². The van der Waals surface area contributed by atoms with Crippen molar-refractivity contribution in [3.05, 3.63) is 20.8 Å². The third-order valence-electron chi connectivity index (χ3n) is 2.47. The van der Waals surface area contributed by atoms with Gasteiger partial charge in [-0.05, 0) is 52.2 Å². The standard InChI is InChI=1S/C11H15BrOS2/c12-11-5-9(7-15-11)6-14-8-10-3-1-2-4-13-10/h5,7,10H,1-4,6,8H2/t10-/m1/s1. The van der Waals surface area contributed by atoms with Gasteiger partial charge in [0.25, 0.3) is 0 Å². The Kier molecular flexibility index (Phi) is 5.01. The second-order valence-corrected chi connectivity index (χ2v) is 7.08. The summed E-state index contributed by atoms with van der Waals surface area (Å²) in [6.07, 6.45) is 4.35. The molecule has 1 aliphatic heterocycles. The zero-order valence-electron chi connectivity index (χ0n) is 8.58. The molecular weight excluding hydrogens is 292 g/mol. The SMILES string of the molecule is Brc1cc(CSC[C@H]2CCCCO2)cs1. The smallest absolute Gasteiger partial charge is 0.0701 e. The molecule has 1 atom stereocenters. The molecule has 0 aliphatic carbocycles. The van der Waals surface area contributed by atoms with Crippen molar-refractivity contribution in [3.63, 3.8) is 0 Å². The number of thiophene rings is 1. The van der Waals surface area contributed by atoms with E-state index in [1.165, 1.54) is 28.6 Å². The van der Waals surface area contributed by atoms with Gasteiger partial charge in [0.1, 0.15) is 0 Å². The first-order valence-electron chi connectivity index (χ1n) is 5.27. The van der Waals surface area contributed by atoms with Crippen molar-refractivity contribution in [2.45, 2.75) is 31.1 Å². The average molecular weight is 307 g/mol. The Balaban J connectivity index is 1.65. The maximum atomic E-state index is 5.69. The normalized spacial score (nSPS) is 21.8. The van der Waals surface area contributed by atoms with E-state index in [0.717, 1.165) is 18.1 Å². The summed E-state index contributed by atoms with van der Waals surface area (Å²) in [6.45, 7) is 0.967. The van der Waals surface area contributed by atoms with E-state index < -0.39 is 0 Å². The molecule has 15 heavy (non-hydrogen) atoms. The van der Waals surface area contributed by atoms with Gasteiger partial charge in [-0.3, -0.25) is 0 Å². The quantitative estimate of drug-likeness (QED) is 0.819. The Morgan fingerprint density at radius 2 is 2.47 bits per heavy atom. The van der Waals surface area contributed by atoms with Gasteiger partial charge in [0.15, 0.2) is 0 Å². The van der Waals surface area contributed by atoms with Gasteiger partial charge in [-0.1, -0.05) is 0 Å². The zero-order valence-corrected chi connectivity index (χ0v) is 11.8. The van der Waals surface area contributed by atoms with Crippen molar-refractivity contribution in [2.75, 3.05) is 12.4 Å². The third-order valence-corrected chi connectivity index (χ3v) is 5.17. The lowest BCUT2D eigenvalue weighted by atomic mass is 10.1. The molecule has 0 bridgehead atoms. The van der Waals surface area contributed by atoms with Gasteiger partial charge in [-0.2, -0.15) is 11.8 Å². The number of ether oxygens (including phenoxy) is 1. The molecule has 2 heterocycles. The van der Waals surface area contributed by atoms with E-state index in [1.807, 2.05) is 11.8 Å². The summed E-state index contributed by atoms with van der Waals surface area (Å²) in [5.74, 6) is 2.26. The molecule has 1 aromatic heterocycles. The van der Waals surface area contributed by atoms with Gasteiger partial charge in [0, 0.05) is 18.1 Å². The first-order chi connectivity index (χ1) is 7.34. The van der Waals surface area contributed by atoms with E-state index in [1.54, 1.807) is 11.3 Å². The Labute approximate surface area is 108 Å². The van der Waals surface area contributed by atoms with Crippen LogP contribution in [0, 0.1) is 0 Å². The molecule has 0 aromatic carbocycles. The summed E-state index contributed by atoms with van der Waals surface area (Å²) in [5, 5.41) is 2.22. The molecule has 1 aromatic rings. The molecule has 0 N–H and O–H groups in total. The third kappa shape index (κ3) is 4.10. The highest BCUT2D eigenvalue weighted by molar-refractivity contribution is 9.11. The number of hydrogen-bond donors (Lipinski definition) is 0. The van der Waals surface area contributed by atoms with Crippen molar-refractivity contribution < 1.29 is 4.74 Å². The molecule has 4 heteroatoms. The van der Waals surface area contributed by atoms with E-state index >= 15 is 0 Å². The molecule has 1 nitrogen and oxygen atoms in total. The average Bonchev–Trinajstić information content (AvgIpc) is 2.66. The Bertz CT molecular complexity index is 295. The van der Waals surface area contributed by atoms with Crippen LogP contribution in [-0.4, -0.2) is 18.5 Å². The van der Waals surface area contributed by atoms with E-state index in [9.17, 15) is 0 Å². The van der Waals surface area contributed by atoms with Gasteiger partial charge in [0.05, 0.1) is 9.89 Å². The maximum Gasteiger partial charge on any atom is 0.0701 e. The van der Waals surface area contributed by atoms with E-state index in [4.69, 9.17) is 4.74 Å². The minimum Gasteiger partial charge on any atom is -0.377 e.